The van der Waals surface area contributed by atoms with Gasteiger partial charge in [-0.15, -0.1) is 0 Å². The van der Waals surface area contributed by atoms with E-state index in [2.05, 4.69) is 10.3 Å². The highest BCUT2D eigenvalue weighted by molar-refractivity contribution is 5.14. The zero-order chi connectivity index (χ0) is 15.8. The van der Waals surface area contributed by atoms with E-state index < -0.39 is 11.9 Å². The topological polar surface area (TPSA) is 60.2 Å². The summed E-state index contributed by atoms with van der Waals surface area (Å²) in [5.41, 5.74) is 4.98. The number of alkyl halides is 3. The van der Waals surface area contributed by atoms with Crippen molar-refractivity contribution in [2.75, 3.05) is 13.2 Å². The zero-order valence-electron chi connectivity index (χ0n) is 12.2. The van der Waals surface area contributed by atoms with Crippen molar-refractivity contribution in [3.8, 4) is 0 Å². The normalized spacial score (nSPS) is 31.5. The third-order valence-corrected chi connectivity index (χ3v) is 4.89. The third-order valence-electron chi connectivity index (χ3n) is 4.89. The molecule has 122 valence electrons. The summed E-state index contributed by atoms with van der Waals surface area (Å²) in [6.45, 7) is 1.39. The first-order chi connectivity index (χ1) is 10.4. The van der Waals surface area contributed by atoms with Gasteiger partial charge in [0.15, 0.2) is 0 Å². The van der Waals surface area contributed by atoms with Crippen LogP contribution in [-0.4, -0.2) is 29.3 Å². The van der Waals surface area contributed by atoms with Crippen LogP contribution in [0.1, 0.15) is 37.1 Å². The van der Waals surface area contributed by atoms with Crippen LogP contribution in [0.5, 0.6) is 0 Å². The smallest absolute Gasteiger partial charge is 0.372 e. The molecule has 0 amide bonds. The van der Waals surface area contributed by atoms with E-state index in [1.54, 1.807) is 6.07 Å². The van der Waals surface area contributed by atoms with Gasteiger partial charge in [-0.1, -0.05) is 6.07 Å². The molecule has 0 aromatic carbocycles. The average Bonchev–Trinajstić information content (AvgIpc) is 2.54. The van der Waals surface area contributed by atoms with Crippen molar-refractivity contribution >= 4 is 0 Å². The number of fused-ring (bicyclic) bond motifs is 3. The quantitative estimate of drug-likeness (QED) is 0.894. The molecule has 22 heavy (non-hydrogen) atoms. The minimum absolute atomic E-state index is 0.160. The Kier molecular flexibility index (Phi) is 3.91. The van der Waals surface area contributed by atoms with Gasteiger partial charge < -0.3 is 15.8 Å². The van der Waals surface area contributed by atoms with Crippen molar-refractivity contribution in [2.24, 2.45) is 5.73 Å². The maximum atomic E-state index is 12.7. The Morgan fingerprint density at radius 1 is 1.23 bits per heavy atom. The van der Waals surface area contributed by atoms with Crippen molar-refractivity contribution < 1.29 is 17.9 Å². The largest absolute Gasteiger partial charge is 0.433 e. The number of nitrogens with two attached hydrogens (primary N) is 1. The lowest BCUT2D eigenvalue weighted by molar-refractivity contribution is -0.156. The molecule has 3 aliphatic rings. The molecule has 2 bridgehead atoms. The van der Waals surface area contributed by atoms with Crippen molar-refractivity contribution in [1.29, 1.82) is 0 Å². The molecular formula is C15H20F3N3O. The number of hydrogen-bond donors (Lipinski definition) is 2. The van der Waals surface area contributed by atoms with Gasteiger partial charge in [0.2, 0.25) is 0 Å². The summed E-state index contributed by atoms with van der Waals surface area (Å²) in [5, 5.41) is 3.36. The molecule has 3 heterocycles. The molecule has 4 rings (SSSR count). The van der Waals surface area contributed by atoms with Crippen LogP contribution < -0.4 is 11.1 Å². The molecule has 0 atom stereocenters. The maximum absolute atomic E-state index is 12.7. The first-order valence-electron chi connectivity index (χ1n) is 7.49. The average molecular weight is 315 g/mol. The number of nitrogens with zero attached hydrogens (tertiary/aromatic N) is 1. The Morgan fingerprint density at radius 2 is 1.95 bits per heavy atom. The van der Waals surface area contributed by atoms with Gasteiger partial charge in [-0.05, 0) is 37.8 Å². The lowest BCUT2D eigenvalue weighted by Crippen LogP contribution is -2.63. The number of pyridine rings is 1. The van der Waals surface area contributed by atoms with Crippen molar-refractivity contribution in [3.63, 3.8) is 0 Å². The van der Waals surface area contributed by atoms with Gasteiger partial charge in [0.25, 0.3) is 0 Å². The number of hydrogen-bond acceptors (Lipinski definition) is 4. The zero-order valence-corrected chi connectivity index (χ0v) is 12.2. The predicted molar refractivity (Wildman–Crippen MR) is 75.0 cm³/mol. The monoisotopic (exact) mass is 315 g/mol. The van der Waals surface area contributed by atoms with E-state index in [1.165, 1.54) is 6.07 Å². The SMILES string of the molecule is NCC12CCC(NCc3cccc(C(F)(F)F)n3)(CC1)CO2. The van der Waals surface area contributed by atoms with E-state index >= 15 is 0 Å². The Hall–Kier alpha value is -1.18. The second-order valence-electron chi connectivity index (χ2n) is 6.32. The molecule has 4 nitrogen and oxygen atoms in total. The summed E-state index contributed by atoms with van der Waals surface area (Å²) in [7, 11) is 0. The number of ether oxygens (including phenoxy) is 1. The fourth-order valence-corrected chi connectivity index (χ4v) is 3.27. The highest BCUT2D eigenvalue weighted by Gasteiger charge is 2.48. The van der Waals surface area contributed by atoms with E-state index in [9.17, 15) is 13.2 Å². The minimum Gasteiger partial charge on any atom is -0.372 e. The summed E-state index contributed by atoms with van der Waals surface area (Å²) in [4.78, 5) is 3.69. The van der Waals surface area contributed by atoms with E-state index in [-0.39, 0.29) is 11.1 Å². The molecule has 2 saturated heterocycles. The molecule has 1 aromatic rings. The van der Waals surface area contributed by atoms with Crippen molar-refractivity contribution in [3.05, 3.63) is 29.6 Å². The van der Waals surface area contributed by atoms with Gasteiger partial charge in [-0.3, -0.25) is 0 Å². The van der Waals surface area contributed by atoms with Crippen LogP contribution >= 0.6 is 0 Å². The lowest BCUT2D eigenvalue weighted by Gasteiger charge is -2.53. The van der Waals surface area contributed by atoms with E-state index in [0.29, 0.717) is 25.4 Å². The fraction of sp³-hybridized carbons (Fsp3) is 0.667. The van der Waals surface area contributed by atoms with E-state index in [1.807, 2.05) is 0 Å². The van der Waals surface area contributed by atoms with Crippen LogP contribution in [0.2, 0.25) is 0 Å². The molecular weight excluding hydrogens is 295 g/mol. The highest BCUT2D eigenvalue weighted by atomic mass is 19.4. The summed E-state index contributed by atoms with van der Waals surface area (Å²) >= 11 is 0. The number of aromatic nitrogens is 1. The fourth-order valence-electron chi connectivity index (χ4n) is 3.27. The van der Waals surface area contributed by atoms with Crippen molar-refractivity contribution in [1.82, 2.24) is 10.3 Å². The van der Waals surface area contributed by atoms with Crippen LogP contribution in [0.15, 0.2) is 18.2 Å². The van der Waals surface area contributed by atoms with E-state index in [4.69, 9.17) is 10.5 Å². The Balaban J connectivity index is 1.64. The third kappa shape index (κ3) is 2.98. The molecule has 2 aliphatic heterocycles. The van der Waals surface area contributed by atoms with Gasteiger partial charge >= 0.3 is 6.18 Å². The second kappa shape index (κ2) is 5.47. The molecule has 0 spiro atoms. The summed E-state index contributed by atoms with van der Waals surface area (Å²) in [6.07, 6.45) is -0.751. The maximum Gasteiger partial charge on any atom is 0.433 e. The van der Waals surface area contributed by atoms with Gasteiger partial charge in [0.1, 0.15) is 5.69 Å². The lowest BCUT2D eigenvalue weighted by atomic mass is 9.71. The molecule has 1 aliphatic carbocycles. The predicted octanol–water partition coefficient (Wildman–Crippen LogP) is 2.23. The van der Waals surface area contributed by atoms with Crippen LogP contribution in [-0.2, 0) is 17.5 Å². The molecule has 1 aromatic heterocycles. The number of halogens is 3. The molecule has 7 heteroatoms. The number of rotatable bonds is 4. The Morgan fingerprint density at radius 3 is 2.50 bits per heavy atom. The summed E-state index contributed by atoms with van der Waals surface area (Å²) < 4.78 is 43.9. The minimum atomic E-state index is -4.41. The molecule has 3 N–H and O–H groups in total. The van der Waals surface area contributed by atoms with Gasteiger partial charge in [0, 0.05) is 18.6 Å². The van der Waals surface area contributed by atoms with E-state index in [0.717, 1.165) is 31.7 Å². The van der Waals surface area contributed by atoms with Crippen LogP contribution in [0, 0.1) is 0 Å². The molecule has 3 fully saturated rings. The van der Waals surface area contributed by atoms with Crippen molar-refractivity contribution in [2.45, 2.75) is 49.5 Å². The Bertz CT molecular complexity index is 523. The van der Waals surface area contributed by atoms with Gasteiger partial charge in [-0.25, -0.2) is 4.98 Å². The summed E-state index contributed by atoms with van der Waals surface area (Å²) in [5.74, 6) is 0. The highest BCUT2D eigenvalue weighted by Crippen LogP contribution is 2.43. The molecule has 0 radical (unpaired) electrons. The second-order valence-corrected chi connectivity index (χ2v) is 6.32. The Labute approximate surface area is 127 Å². The molecule has 0 unspecified atom stereocenters. The first-order valence-corrected chi connectivity index (χ1v) is 7.49. The van der Waals surface area contributed by atoms with Gasteiger partial charge in [-0.2, -0.15) is 13.2 Å². The first kappa shape index (κ1) is 15.7. The van der Waals surface area contributed by atoms with Crippen LogP contribution in [0.3, 0.4) is 0 Å². The number of nitrogens with one attached hydrogen (secondary N) is 1. The standard InChI is InChI=1S/C15H20F3N3O/c16-15(17,18)12-3-1-2-11(21-12)8-20-13-4-6-14(9-19,7-5-13)22-10-13/h1-3,20H,4-10,19H2. The van der Waals surface area contributed by atoms with Crippen LogP contribution in [0.25, 0.3) is 0 Å². The van der Waals surface area contributed by atoms with Crippen LogP contribution in [0.4, 0.5) is 13.2 Å². The summed E-state index contributed by atoms with van der Waals surface area (Å²) in [6, 6.07) is 3.99. The van der Waals surface area contributed by atoms with Gasteiger partial charge in [0.05, 0.1) is 17.9 Å². The molecule has 1 saturated carbocycles.